The number of nitrogens with one attached hydrogen (secondary N) is 1. The van der Waals surface area contributed by atoms with E-state index in [1.54, 1.807) is 12.1 Å². The summed E-state index contributed by atoms with van der Waals surface area (Å²) in [6.07, 6.45) is 3.37. The molecule has 1 fully saturated rings. The molecule has 5 nitrogen and oxygen atoms in total. The maximum Gasteiger partial charge on any atom is 0.222 e. The summed E-state index contributed by atoms with van der Waals surface area (Å²) < 4.78 is 5.59. The second kappa shape index (κ2) is 10.4. The van der Waals surface area contributed by atoms with Gasteiger partial charge in [-0.3, -0.25) is 9.59 Å². The summed E-state index contributed by atoms with van der Waals surface area (Å²) in [4.78, 5) is 26.0. The number of carbonyl (C=O) groups is 2. The number of likely N-dealkylation sites (tertiary alicyclic amines) is 1. The van der Waals surface area contributed by atoms with Crippen molar-refractivity contribution in [2.24, 2.45) is 5.92 Å². The summed E-state index contributed by atoms with van der Waals surface area (Å²) in [6, 6.07) is 7.36. The van der Waals surface area contributed by atoms with E-state index in [1.807, 2.05) is 17.0 Å². The van der Waals surface area contributed by atoms with Crippen LogP contribution in [0.4, 0.5) is 0 Å². The molecule has 1 aliphatic heterocycles. The fourth-order valence-corrected chi connectivity index (χ4v) is 3.13. The molecule has 1 aromatic carbocycles. The van der Waals surface area contributed by atoms with E-state index in [0.29, 0.717) is 36.8 Å². The van der Waals surface area contributed by atoms with Gasteiger partial charge in [0.2, 0.25) is 11.8 Å². The van der Waals surface area contributed by atoms with Crippen LogP contribution in [0.25, 0.3) is 0 Å². The molecule has 0 bridgehead atoms. The Morgan fingerprint density at radius 3 is 2.50 bits per heavy atom. The van der Waals surface area contributed by atoms with Crippen LogP contribution < -0.4 is 10.1 Å². The number of halogens is 1. The Kier molecular flexibility index (Phi) is 8.23. The first kappa shape index (κ1) is 20.6. The monoisotopic (exact) mass is 380 g/mol. The molecule has 1 aliphatic rings. The van der Waals surface area contributed by atoms with Crippen LogP contribution in [0.1, 0.15) is 46.0 Å². The maximum atomic E-state index is 12.1. The molecule has 0 radical (unpaired) electrons. The lowest BCUT2D eigenvalue weighted by atomic mass is 10.0. The Labute approximate surface area is 161 Å². The molecule has 1 heterocycles. The molecule has 1 N–H and O–H groups in total. The lowest BCUT2D eigenvalue weighted by Gasteiger charge is -2.32. The second-order valence-electron chi connectivity index (χ2n) is 7.23. The Bertz CT molecular complexity index is 581. The highest BCUT2D eigenvalue weighted by atomic mass is 35.5. The van der Waals surface area contributed by atoms with E-state index < -0.39 is 0 Å². The van der Waals surface area contributed by atoms with Gasteiger partial charge < -0.3 is 15.0 Å². The van der Waals surface area contributed by atoms with E-state index in [4.69, 9.17) is 16.3 Å². The fraction of sp³-hybridized carbons (Fsp3) is 0.600. The SMILES string of the molecule is CC(C)CC(=O)N1CCC(NC(=O)CCCOc2ccc(Cl)cc2)CC1. The molecule has 26 heavy (non-hydrogen) atoms. The highest BCUT2D eigenvalue weighted by Crippen LogP contribution is 2.16. The van der Waals surface area contributed by atoms with Crippen molar-refractivity contribution in [3.8, 4) is 5.75 Å². The van der Waals surface area contributed by atoms with Gasteiger partial charge in [0.1, 0.15) is 5.75 Å². The summed E-state index contributed by atoms with van der Waals surface area (Å²) in [5.41, 5.74) is 0. The molecule has 0 unspecified atom stereocenters. The number of ether oxygens (including phenoxy) is 1. The van der Waals surface area contributed by atoms with Crippen molar-refractivity contribution >= 4 is 23.4 Å². The first-order chi connectivity index (χ1) is 12.4. The zero-order valence-corrected chi connectivity index (χ0v) is 16.4. The number of hydrogen-bond donors (Lipinski definition) is 1. The van der Waals surface area contributed by atoms with Crippen molar-refractivity contribution in [1.29, 1.82) is 0 Å². The Hall–Kier alpha value is -1.75. The minimum atomic E-state index is 0.0525. The zero-order chi connectivity index (χ0) is 18.9. The predicted octanol–water partition coefficient (Wildman–Crippen LogP) is 3.65. The van der Waals surface area contributed by atoms with Crippen LogP contribution in [0.2, 0.25) is 5.02 Å². The van der Waals surface area contributed by atoms with Gasteiger partial charge >= 0.3 is 0 Å². The van der Waals surface area contributed by atoms with Gasteiger partial charge in [-0.1, -0.05) is 25.4 Å². The third kappa shape index (κ3) is 7.24. The van der Waals surface area contributed by atoms with E-state index in [9.17, 15) is 9.59 Å². The summed E-state index contributed by atoms with van der Waals surface area (Å²) in [5.74, 6) is 1.42. The lowest BCUT2D eigenvalue weighted by molar-refractivity contribution is -0.133. The van der Waals surface area contributed by atoms with E-state index in [1.165, 1.54) is 0 Å². The maximum absolute atomic E-state index is 12.1. The van der Waals surface area contributed by atoms with Gasteiger partial charge in [-0.25, -0.2) is 0 Å². The molecule has 1 saturated heterocycles. The van der Waals surface area contributed by atoms with Crippen LogP contribution in [0, 0.1) is 5.92 Å². The number of piperidine rings is 1. The molecule has 6 heteroatoms. The normalized spacial score (nSPS) is 15.2. The zero-order valence-electron chi connectivity index (χ0n) is 15.7. The molecule has 144 valence electrons. The smallest absolute Gasteiger partial charge is 0.222 e. The van der Waals surface area contributed by atoms with Crippen LogP contribution in [0.5, 0.6) is 5.75 Å². The summed E-state index contributed by atoms with van der Waals surface area (Å²) in [7, 11) is 0. The summed E-state index contributed by atoms with van der Waals surface area (Å²) >= 11 is 5.83. The van der Waals surface area contributed by atoms with E-state index in [0.717, 1.165) is 31.7 Å². The lowest BCUT2D eigenvalue weighted by Crippen LogP contribution is -2.46. The van der Waals surface area contributed by atoms with Crippen LogP contribution in [0.15, 0.2) is 24.3 Å². The van der Waals surface area contributed by atoms with Crippen molar-refractivity contribution < 1.29 is 14.3 Å². The van der Waals surface area contributed by atoms with Crippen molar-refractivity contribution in [3.63, 3.8) is 0 Å². The summed E-state index contributed by atoms with van der Waals surface area (Å²) in [6.45, 7) is 6.08. The third-order valence-corrected chi connectivity index (χ3v) is 4.68. The number of hydrogen-bond acceptors (Lipinski definition) is 3. The highest BCUT2D eigenvalue weighted by molar-refractivity contribution is 6.30. The largest absolute Gasteiger partial charge is 0.494 e. The number of benzene rings is 1. The Balaban J connectivity index is 1.58. The van der Waals surface area contributed by atoms with E-state index in [-0.39, 0.29) is 17.9 Å². The van der Waals surface area contributed by atoms with Crippen molar-refractivity contribution in [2.45, 2.75) is 52.0 Å². The quantitative estimate of drug-likeness (QED) is 0.700. The molecule has 2 rings (SSSR count). The minimum absolute atomic E-state index is 0.0525. The summed E-state index contributed by atoms with van der Waals surface area (Å²) in [5, 5.41) is 3.75. The van der Waals surface area contributed by atoms with Crippen LogP contribution >= 0.6 is 11.6 Å². The van der Waals surface area contributed by atoms with Crippen LogP contribution in [-0.2, 0) is 9.59 Å². The van der Waals surface area contributed by atoms with Crippen molar-refractivity contribution in [2.75, 3.05) is 19.7 Å². The number of amides is 2. The third-order valence-electron chi connectivity index (χ3n) is 4.43. The first-order valence-electron chi connectivity index (χ1n) is 9.39. The van der Waals surface area contributed by atoms with Gasteiger partial charge in [-0.15, -0.1) is 0 Å². The average molecular weight is 381 g/mol. The van der Waals surface area contributed by atoms with Crippen molar-refractivity contribution in [3.05, 3.63) is 29.3 Å². The molecule has 0 atom stereocenters. The van der Waals surface area contributed by atoms with Gasteiger partial charge in [-0.2, -0.15) is 0 Å². The second-order valence-corrected chi connectivity index (χ2v) is 7.66. The Morgan fingerprint density at radius 1 is 1.23 bits per heavy atom. The highest BCUT2D eigenvalue weighted by Gasteiger charge is 2.23. The molecule has 0 aliphatic carbocycles. The van der Waals surface area contributed by atoms with Crippen molar-refractivity contribution in [1.82, 2.24) is 10.2 Å². The topological polar surface area (TPSA) is 58.6 Å². The average Bonchev–Trinajstić information content (AvgIpc) is 2.60. The number of nitrogens with zero attached hydrogens (tertiary/aromatic N) is 1. The van der Waals surface area contributed by atoms with Gasteiger partial charge in [0.05, 0.1) is 6.61 Å². The molecule has 0 saturated carbocycles. The molecule has 0 aromatic heterocycles. The first-order valence-corrected chi connectivity index (χ1v) is 9.77. The van der Waals surface area contributed by atoms with Gasteiger partial charge in [-0.05, 0) is 49.4 Å². The van der Waals surface area contributed by atoms with Crippen LogP contribution in [0.3, 0.4) is 0 Å². The van der Waals surface area contributed by atoms with Gasteiger partial charge in [0, 0.05) is 37.0 Å². The Morgan fingerprint density at radius 2 is 1.88 bits per heavy atom. The molecular weight excluding hydrogens is 352 g/mol. The molecular formula is C20H29ClN2O3. The number of rotatable bonds is 8. The number of carbonyl (C=O) groups excluding carboxylic acids is 2. The van der Waals surface area contributed by atoms with Gasteiger partial charge in [0.15, 0.2) is 0 Å². The molecule has 2 amide bonds. The van der Waals surface area contributed by atoms with E-state index >= 15 is 0 Å². The molecule has 0 spiro atoms. The van der Waals surface area contributed by atoms with E-state index in [2.05, 4.69) is 19.2 Å². The fourth-order valence-electron chi connectivity index (χ4n) is 3.00. The predicted molar refractivity (Wildman–Crippen MR) is 103 cm³/mol. The van der Waals surface area contributed by atoms with Gasteiger partial charge in [0.25, 0.3) is 0 Å². The molecule has 1 aromatic rings. The minimum Gasteiger partial charge on any atom is -0.494 e. The van der Waals surface area contributed by atoms with Crippen LogP contribution in [-0.4, -0.2) is 42.5 Å². The standard InChI is InChI=1S/C20H29ClN2O3/c1-15(2)14-20(25)23-11-9-17(10-12-23)22-19(24)4-3-13-26-18-7-5-16(21)6-8-18/h5-8,15,17H,3-4,9-14H2,1-2H3,(H,22,24).